The van der Waals surface area contributed by atoms with Crippen LogP contribution in [0.3, 0.4) is 0 Å². The third-order valence-corrected chi connectivity index (χ3v) is 3.02. The molecule has 0 aliphatic heterocycles. The van der Waals surface area contributed by atoms with Crippen molar-refractivity contribution in [2.24, 2.45) is 0 Å². The van der Waals surface area contributed by atoms with E-state index in [0.717, 1.165) is 11.1 Å². The summed E-state index contributed by atoms with van der Waals surface area (Å²) >= 11 is 0. The Hall–Kier alpha value is -2.55. The number of hydrogen-bond acceptors (Lipinski definition) is 3. The van der Waals surface area contributed by atoms with Crippen molar-refractivity contribution in [1.29, 1.82) is 0 Å². The molecule has 3 nitrogen and oxygen atoms in total. The maximum absolute atomic E-state index is 11.0. The number of benzene rings is 2. The van der Waals surface area contributed by atoms with Gasteiger partial charge in [-0.15, -0.1) is 0 Å². The van der Waals surface area contributed by atoms with Gasteiger partial charge in [0.2, 0.25) is 0 Å². The van der Waals surface area contributed by atoms with E-state index >= 15 is 0 Å². The molecule has 0 aromatic heterocycles. The first-order valence-corrected chi connectivity index (χ1v) is 7.31. The Labute approximate surface area is 131 Å². The first-order valence-electron chi connectivity index (χ1n) is 7.31. The van der Waals surface area contributed by atoms with E-state index in [4.69, 9.17) is 9.47 Å². The van der Waals surface area contributed by atoms with E-state index in [9.17, 15) is 4.79 Å². The Kier molecular flexibility index (Phi) is 5.78. The molecule has 3 heteroatoms. The fourth-order valence-electron chi connectivity index (χ4n) is 1.96. The molecule has 22 heavy (non-hydrogen) atoms. The standard InChI is InChI=1S/C19H20O3/c1-3-21-19-13-16(10-9-15(2)20)11-12-18(19)22-14-17-7-5-4-6-8-17/h4-13H,3,14H2,1-2H3/b10-9+. The van der Waals surface area contributed by atoms with Crippen LogP contribution in [0.1, 0.15) is 25.0 Å². The molecule has 2 aromatic rings. The van der Waals surface area contributed by atoms with Crippen LogP contribution < -0.4 is 9.47 Å². The molecule has 2 aromatic carbocycles. The normalized spacial score (nSPS) is 10.6. The Bertz CT molecular complexity index is 645. The molecule has 0 aliphatic carbocycles. The molecule has 0 amide bonds. The van der Waals surface area contributed by atoms with Gasteiger partial charge in [0.1, 0.15) is 6.61 Å². The smallest absolute Gasteiger partial charge is 0.161 e. The summed E-state index contributed by atoms with van der Waals surface area (Å²) in [6, 6.07) is 15.6. The SMILES string of the molecule is CCOc1cc(/C=C/C(C)=O)ccc1OCc1ccccc1. The summed E-state index contributed by atoms with van der Waals surface area (Å²) in [7, 11) is 0. The fraction of sp³-hybridized carbons (Fsp3) is 0.211. The number of allylic oxidation sites excluding steroid dienone is 1. The number of ketones is 1. The van der Waals surface area contributed by atoms with Crippen LogP contribution in [-0.2, 0) is 11.4 Å². The average Bonchev–Trinajstić information content (AvgIpc) is 2.53. The Morgan fingerprint density at radius 1 is 1.05 bits per heavy atom. The quantitative estimate of drug-likeness (QED) is 0.716. The highest BCUT2D eigenvalue weighted by Gasteiger charge is 2.06. The van der Waals surface area contributed by atoms with Gasteiger partial charge in [-0.05, 0) is 43.2 Å². The van der Waals surface area contributed by atoms with Crippen molar-refractivity contribution < 1.29 is 14.3 Å². The molecule has 2 rings (SSSR count). The van der Waals surface area contributed by atoms with Crippen LogP contribution in [0.4, 0.5) is 0 Å². The minimum absolute atomic E-state index is 0.0161. The molecule has 0 spiro atoms. The highest BCUT2D eigenvalue weighted by atomic mass is 16.5. The van der Waals surface area contributed by atoms with Gasteiger partial charge in [-0.25, -0.2) is 0 Å². The van der Waals surface area contributed by atoms with E-state index in [1.165, 1.54) is 13.0 Å². The molecular weight excluding hydrogens is 276 g/mol. The summed E-state index contributed by atoms with van der Waals surface area (Å²) in [6.45, 7) is 4.50. The molecule has 0 atom stereocenters. The van der Waals surface area contributed by atoms with Gasteiger partial charge in [0, 0.05) is 0 Å². The van der Waals surface area contributed by atoms with Crippen LogP contribution in [0.5, 0.6) is 11.5 Å². The molecule has 0 aliphatic rings. The number of ether oxygens (including phenoxy) is 2. The van der Waals surface area contributed by atoms with Crippen molar-refractivity contribution in [3.63, 3.8) is 0 Å². The lowest BCUT2D eigenvalue weighted by Gasteiger charge is -2.12. The number of hydrogen-bond donors (Lipinski definition) is 0. The van der Waals surface area contributed by atoms with Crippen LogP contribution in [0.2, 0.25) is 0 Å². The predicted molar refractivity (Wildman–Crippen MR) is 88.1 cm³/mol. The van der Waals surface area contributed by atoms with Gasteiger partial charge in [-0.2, -0.15) is 0 Å². The molecule has 0 heterocycles. The van der Waals surface area contributed by atoms with E-state index in [1.54, 1.807) is 6.08 Å². The predicted octanol–water partition coefficient (Wildman–Crippen LogP) is 4.27. The zero-order valence-electron chi connectivity index (χ0n) is 12.9. The molecule has 0 unspecified atom stereocenters. The first-order chi connectivity index (χ1) is 10.7. The lowest BCUT2D eigenvalue weighted by molar-refractivity contribution is -0.112. The van der Waals surface area contributed by atoms with E-state index in [-0.39, 0.29) is 5.78 Å². The van der Waals surface area contributed by atoms with Crippen molar-refractivity contribution in [3.05, 3.63) is 65.7 Å². The summed E-state index contributed by atoms with van der Waals surface area (Å²) < 4.78 is 11.5. The second-order valence-electron chi connectivity index (χ2n) is 4.86. The zero-order valence-corrected chi connectivity index (χ0v) is 12.9. The van der Waals surface area contributed by atoms with Crippen LogP contribution in [0.25, 0.3) is 6.08 Å². The van der Waals surface area contributed by atoms with Crippen LogP contribution in [0, 0.1) is 0 Å². The molecule has 0 N–H and O–H groups in total. The Morgan fingerprint density at radius 2 is 1.82 bits per heavy atom. The third-order valence-electron chi connectivity index (χ3n) is 3.02. The van der Waals surface area contributed by atoms with E-state index < -0.39 is 0 Å². The maximum atomic E-state index is 11.0. The van der Waals surface area contributed by atoms with Gasteiger partial charge >= 0.3 is 0 Å². The number of rotatable bonds is 7. The van der Waals surface area contributed by atoms with Crippen LogP contribution in [0.15, 0.2) is 54.6 Å². The molecule has 0 saturated heterocycles. The average molecular weight is 296 g/mol. The lowest BCUT2D eigenvalue weighted by atomic mass is 10.1. The Morgan fingerprint density at radius 3 is 2.50 bits per heavy atom. The molecular formula is C19H20O3. The summed E-state index contributed by atoms with van der Waals surface area (Å²) in [4.78, 5) is 11.0. The zero-order chi connectivity index (χ0) is 15.8. The molecule has 0 bridgehead atoms. The minimum Gasteiger partial charge on any atom is -0.490 e. The Balaban J connectivity index is 2.14. The number of carbonyl (C=O) groups is 1. The van der Waals surface area contributed by atoms with Crippen LogP contribution in [-0.4, -0.2) is 12.4 Å². The van der Waals surface area contributed by atoms with Gasteiger partial charge in [0.25, 0.3) is 0 Å². The van der Waals surface area contributed by atoms with E-state index in [2.05, 4.69) is 0 Å². The molecule has 0 saturated carbocycles. The second kappa shape index (κ2) is 8.03. The highest BCUT2D eigenvalue weighted by Crippen LogP contribution is 2.29. The van der Waals surface area contributed by atoms with Crippen molar-refractivity contribution in [1.82, 2.24) is 0 Å². The summed E-state index contributed by atoms with van der Waals surface area (Å²) in [6.07, 6.45) is 3.31. The molecule has 114 valence electrons. The monoisotopic (exact) mass is 296 g/mol. The largest absolute Gasteiger partial charge is 0.490 e. The molecule has 0 radical (unpaired) electrons. The maximum Gasteiger partial charge on any atom is 0.161 e. The van der Waals surface area contributed by atoms with E-state index in [1.807, 2.05) is 55.5 Å². The summed E-state index contributed by atoms with van der Waals surface area (Å²) in [5.74, 6) is 1.40. The van der Waals surface area contributed by atoms with Gasteiger partial charge in [-0.1, -0.05) is 42.5 Å². The summed E-state index contributed by atoms with van der Waals surface area (Å²) in [5.41, 5.74) is 2.01. The minimum atomic E-state index is 0.0161. The van der Waals surface area contributed by atoms with Gasteiger partial charge < -0.3 is 9.47 Å². The summed E-state index contributed by atoms with van der Waals surface area (Å²) in [5, 5.41) is 0. The fourth-order valence-corrected chi connectivity index (χ4v) is 1.96. The first kappa shape index (κ1) is 15.8. The van der Waals surface area contributed by atoms with Crippen LogP contribution >= 0.6 is 0 Å². The lowest BCUT2D eigenvalue weighted by Crippen LogP contribution is -1.99. The molecule has 0 fully saturated rings. The van der Waals surface area contributed by atoms with Crippen molar-refractivity contribution in [2.45, 2.75) is 20.5 Å². The highest BCUT2D eigenvalue weighted by molar-refractivity contribution is 5.91. The van der Waals surface area contributed by atoms with Gasteiger partial charge in [0.15, 0.2) is 17.3 Å². The number of carbonyl (C=O) groups excluding carboxylic acids is 1. The van der Waals surface area contributed by atoms with Gasteiger partial charge in [0.05, 0.1) is 6.61 Å². The topological polar surface area (TPSA) is 35.5 Å². The second-order valence-corrected chi connectivity index (χ2v) is 4.86. The van der Waals surface area contributed by atoms with Crippen molar-refractivity contribution >= 4 is 11.9 Å². The van der Waals surface area contributed by atoms with E-state index in [0.29, 0.717) is 24.7 Å². The van der Waals surface area contributed by atoms with Crippen molar-refractivity contribution in [2.75, 3.05) is 6.61 Å². The van der Waals surface area contributed by atoms with Gasteiger partial charge in [-0.3, -0.25) is 4.79 Å². The van der Waals surface area contributed by atoms with Crippen molar-refractivity contribution in [3.8, 4) is 11.5 Å². The third kappa shape index (κ3) is 4.77.